The minimum absolute atomic E-state index is 0.165. The molecule has 0 atom stereocenters. The highest BCUT2D eigenvalue weighted by molar-refractivity contribution is 7.89. The van der Waals surface area contributed by atoms with E-state index >= 15 is 0 Å². The molecule has 0 aliphatic carbocycles. The van der Waals surface area contributed by atoms with Crippen LogP contribution in [0.15, 0.2) is 107 Å². The Kier molecular flexibility index (Phi) is 7.09. The molecule has 0 saturated carbocycles. The molecule has 5 rings (SSSR count). The van der Waals surface area contributed by atoms with Crippen LogP contribution in [-0.2, 0) is 10.0 Å². The SMILES string of the molecule is CCN(CC)S(=O)(=O)c1ccc(C(=O)C=Cc2cn(-c3ccccc3)nc2-c2cc3ccccc3o2)cc1. The Morgan fingerprint density at radius 1 is 0.947 bits per heavy atom. The predicted molar refractivity (Wildman–Crippen MR) is 149 cm³/mol. The van der Waals surface area contributed by atoms with E-state index in [2.05, 4.69) is 0 Å². The average Bonchev–Trinajstić information content (AvgIpc) is 3.57. The standard InChI is InChI=1S/C30H27N3O4S/c1-3-32(4-2)38(35,36)26-17-14-22(15-18-26)27(34)19-16-24-21-33(25-11-6-5-7-12-25)31-30(24)29-20-23-10-8-9-13-28(23)37-29/h5-21H,3-4H2,1-2H3. The fourth-order valence-electron chi connectivity index (χ4n) is 4.28. The van der Waals surface area contributed by atoms with Gasteiger partial charge in [-0.05, 0) is 60.7 Å². The summed E-state index contributed by atoms with van der Waals surface area (Å²) in [6, 6.07) is 25.4. The molecular formula is C30H27N3O4S. The van der Waals surface area contributed by atoms with Crippen molar-refractivity contribution in [2.75, 3.05) is 13.1 Å². The maximum absolute atomic E-state index is 13.0. The maximum Gasteiger partial charge on any atom is 0.243 e. The van der Waals surface area contributed by atoms with Crippen molar-refractivity contribution in [1.29, 1.82) is 0 Å². The highest BCUT2D eigenvalue weighted by Crippen LogP contribution is 2.30. The van der Waals surface area contributed by atoms with Crippen LogP contribution in [0, 0.1) is 0 Å². The number of hydrogen-bond acceptors (Lipinski definition) is 5. The van der Waals surface area contributed by atoms with E-state index in [1.54, 1.807) is 24.6 Å². The van der Waals surface area contributed by atoms with E-state index in [0.29, 0.717) is 35.7 Å². The first-order chi connectivity index (χ1) is 18.4. The number of hydrogen-bond donors (Lipinski definition) is 0. The number of sulfonamides is 1. The van der Waals surface area contributed by atoms with Gasteiger partial charge in [0.1, 0.15) is 11.3 Å². The third kappa shape index (κ3) is 4.96. The maximum atomic E-state index is 13.0. The van der Waals surface area contributed by atoms with Crippen LogP contribution in [0.4, 0.5) is 0 Å². The molecule has 38 heavy (non-hydrogen) atoms. The number of carbonyl (C=O) groups is 1. The first-order valence-electron chi connectivity index (χ1n) is 12.4. The Labute approximate surface area is 221 Å². The van der Waals surface area contributed by atoms with Crippen LogP contribution in [0.2, 0.25) is 0 Å². The van der Waals surface area contributed by atoms with Crippen molar-refractivity contribution in [3.8, 4) is 17.1 Å². The normalized spacial score (nSPS) is 12.1. The van der Waals surface area contributed by atoms with E-state index in [1.165, 1.54) is 34.6 Å². The Morgan fingerprint density at radius 2 is 1.63 bits per heavy atom. The molecule has 0 saturated heterocycles. The third-order valence-electron chi connectivity index (χ3n) is 6.32. The van der Waals surface area contributed by atoms with E-state index < -0.39 is 10.0 Å². The van der Waals surface area contributed by atoms with Crippen LogP contribution in [0.3, 0.4) is 0 Å². The average molecular weight is 526 g/mol. The Balaban J connectivity index is 1.46. The van der Waals surface area contributed by atoms with Gasteiger partial charge in [-0.15, -0.1) is 0 Å². The molecule has 0 unspecified atom stereocenters. The fourth-order valence-corrected chi connectivity index (χ4v) is 5.74. The van der Waals surface area contributed by atoms with E-state index in [0.717, 1.165) is 16.7 Å². The second-order valence-corrected chi connectivity index (χ2v) is 10.6. The van der Waals surface area contributed by atoms with E-state index in [-0.39, 0.29) is 10.7 Å². The highest BCUT2D eigenvalue weighted by Gasteiger charge is 2.21. The number of fused-ring (bicyclic) bond motifs is 1. The minimum atomic E-state index is -3.59. The fraction of sp³-hybridized carbons (Fsp3) is 0.133. The zero-order valence-corrected chi connectivity index (χ0v) is 21.9. The molecule has 7 nitrogen and oxygen atoms in total. The summed E-state index contributed by atoms with van der Waals surface area (Å²) in [5, 5.41) is 5.72. The van der Waals surface area contributed by atoms with Crippen LogP contribution in [-0.4, -0.2) is 41.4 Å². The lowest BCUT2D eigenvalue weighted by molar-refractivity contribution is 0.104. The van der Waals surface area contributed by atoms with Gasteiger partial charge >= 0.3 is 0 Å². The summed E-state index contributed by atoms with van der Waals surface area (Å²) in [7, 11) is -3.59. The van der Waals surface area contributed by atoms with Crippen LogP contribution in [0.5, 0.6) is 0 Å². The molecule has 8 heteroatoms. The van der Waals surface area contributed by atoms with Crippen molar-refractivity contribution < 1.29 is 17.6 Å². The molecule has 192 valence electrons. The van der Waals surface area contributed by atoms with Gasteiger partial charge in [-0.3, -0.25) is 4.79 Å². The third-order valence-corrected chi connectivity index (χ3v) is 8.38. The topological polar surface area (TPSA) is 85.4 Å². The molecule has 0 aliphatic heterocycles. The number of rotatable bonds is 9. The molecule has 0 amide bonds. The van der Waals surface area contributed by atoms with Crippen LogP contribution >= 0.6 is 0 Å². The second-order valence-electron chi connectivity index (χ2n) is 8.67. The number of benzene rings is 3. The van der Waals surface area contributed by atoms with E-state index in [4.69, 9.17) is 9.52 Å². The Hall–Kier alpha value is -4.27. The van der Waals surface area contributed by atoms with Gasteiger partial charge in [-0.25, -0.2) is 13.1 Å². The highest BCUT2D eigenvalue weighted by atomic mass is 32.2. The zero-order valence-electron chi connectivity index (χ0n) is 21.1. The molecule has 0 spiro atoms. The van der Waals surface area contributed by atoms with Gasteiger partial charge in [0.15, 0.2) is 11.5 Å². The number of carbonyl (C=O) groups excluding carboxylic acids is 1. The summed E-state index contributed by atoms with van der Waals surface area (Å²) in [6.07, 6.45) is 5.02. The number of para-hydroxylation sites is 2. The summed E-state index contributed by atoms with van der Waals surface area (Å²) in [5.41, 5.74) is 3.33. The van der Waals surface area contributed by atoms with Crippen LogP contribution in [0.25, 0.3) is 34.2 Å². The molecule has 0 fully saturated rings. The molecule has 5 aromatic rings. The molecule has 0 aliphatic rings. The monoisotopic (exact) mass is 525 g/mol. The van der Waals surface area contributed by atoms with Crippen molar-refractivity contribution >= 4 is 32.9 Å². The zero-order chi connectivity index (χ0) is 26.7. The van der Waals surface area contributed by atoms with Crippen LogP contribution < -0.4 is 0 Å². The summed E-state index contributed by atoms with van der Waals surface area (Å²) in [6.45, 7) is 4.35. The van der Waals surface area contributed by atoms with Crippen LogP contribution in [0.1, 0.15) is 29.8 Å². The smallest absolute Gasteiger partial charge is 0.243 e. The number of aromatic nitrogens is 2. The van der Waals surface area contributed by atoms with Gasteiger partial charge in [0.25, 0.3) is 0 Å². The van der Waals surface area contributed by atoms with E-state index in [1.807, 2.05) is 66.9 Å². The number of furan rings is 1. The molecule has 2 aromatic heterocycles. The molecule has 0 N–H and O–H groups in total. The van der Waals surface area contributed by atoms with Gasteiger partial charge in [-0.1, -0.05) is 50.2 Å². The number of allylic oxidation sites excluding steroid dienone is 1. The Morgan fingerprint density at radius 3 is 2.32 bits per heavy atom. The summed E-state index contributed by atoms with van der Waals surface area (Å²) in [4.78, 5) is 13.2. The van der Waals surface area contributed by atoms with Crippen molar-refractivity contribution in [2.24, 2.45) is 0 Å². The van der Waals surface area contributed by atoms with Gasteiger partial charge in [-0.2, -0.15) is 9.40 Å². The number of nitrogens with zero attached hydrogens (tertiary/aromatic N) is 3. The van der Waals surface area contributed by atoms with Crippen molar-refractivity contribution in [3.05, 3.63) is 108 Å². The second kappa shape index (κ2) is 10.6. The molecule has 3 aromatic carbocycles. The molecule has 2 heterocycles. The van der Waals surface area contributed by atoms with Crippen molar-refractivity contribution in [3.63, 3.8) is 0 Å². The summed E-state index contributed by atoms with van der Waals surface area (Å²) in [5.74, 6) is 0.346. The largest absolute Gasteiger partial charge is 0.454 e. The summed E-state index contributed by atoms with van der Waals surface area (Å²) < 4.78 is 34.7. The number of ketones is 1. The van der Waals surface area contributed by atoms with Gasteiger partial charge < -0.3 is 4.42 Å². The van der Waals surface area contributed by atoms with E-state index in [9.17, 15) is 13.2 Å². The van der Waals surface area contributed by atoms with Gasteiger partial charge in [0.2, 0.25) is 10.0 Å². The lowest BCUT2D eigenvalue weighted by Crippen LogP contribution is -2.30. The first kappa shape index (κ1) is 25.4. The first-order valence-corrected chi connectivity index (χ1v) is 13.8. The molecule has 0 bridgehead atoms. The van der Waals surface area contributed by atoms with Gasteiger partial charge in [0.05, 0.1) is 10.6 Å². The van der Waals surface area contributed by atoms with Crippen molar-refractivity contribution in [1.82, 2.24) is 14.1 Å². The quantitative estimate of drug-likeness (QED) is 0.169. The van der Waals surface area contributed by atoms with Gasteiger partial charge in [0, 0.05) is 35.8 Å². The predicted octanol–water partition coefficient (Wildman–Crippen LogP) is 6.21. The molecule has 0 radical (unpaired) electrons. The molecular weight excluding hydrogens is 498 g/mol. The summed E-state index contributed by atoms with van der Waals surface area (Å²) >= 11 is 0. The Bertz CT molecular complexity index is 1680. The minimum Gasteiger partial charge on any atom is -0.454 e. The lowest BCUT2D eigenvalue weighted by atomic mass is 10.1. The van der Waals surface area contributed by atoms with Crippen molar-refractivity contribution in [2.45, 2.75) is 18.7 Å². The lowest BCUT2D eigenvalue weighted by Gasteiger charge is -2.18.